The molecule has 0 aromatic carbocycles. The van der Waals surface area contributed by atoms with Gasteiger partial charge in [0, 0.05) is 19.3 Å². The van der Waals surface area contributed by atoms with Crippen LogP contribution >= 0.6 is 0 Å². The molecule has 0 aliphatic rings. The number of aromatic nitrogens is 3. The Bertz CT molecular complexity index is 602. The average molecular weight is 289 g/mol. The molecule has 2 aromatic heterocycles. The van der Waals surface area contributed by atoms with E-state index in [-0.39, 0.29) is 5.82 Å². The fourth-order valence-corrected chi connectivity index (χ4v) is 1.95. The Hall–Kier alpha value is -2.24. The number of nitrogens with one attached hydrogen (secondary N) is 1. The summed E-state index contributed by atoms with van der Waals surface area (Å²) in [5.74, 6) is 0.274. The third kappa shape index (κ3) is 4.11. The molecule has 5 nitrogen and oxygen atoms in total. The molecule has 0 aliphatic carbocycles. The molecule has 2 heterocycles. The Balaban J connectivity index is 2.15. The van der Waals surface area contributed by atoms with Gasteiger partial charge in [0.2, 0.25) is 5.95 Å². The van der Waals surface area contributed by atoms with Gasteiger partial charge < -0.3 is 10.2 Å². The van der Waals surface area contributed by atoms with Crippen LogP contribution in [0.4, 0.5) is 16.2 Å². The number of anilines is 2. The van der Waals surface area contributed by atoms with E-state index in [0.29, 0.717) is 12.5 Å². The molecular weight excluding hydrogens is 269 g/mol. The quantitative estimate of drug-likeness (QED) is 0.886. The lowest BCUT2D eigenvalue weighted by atomic mass is 10.3. The van der Waals surface area contributed by atoms with Gasteiger partial charge in [0.05, 0.1) is 18.4 Å². The van der Waals surface area contributed by atoms with E-state index in [1.807, 2.05) is 32.0 Å². The first-order valence-corrected chi connectivity index (χ1v) is 7.00. The highest BCUT2D eigenvalue weighted by Gasteiger charge is 2.12. The minimum Gasteiger partial charge on any atom is -0.354 e. The fraction of sp³-hybridized carbons (Fsp3) is 0.400. The summed E-state index contributed by atoms with van der Waals surface area (Å²) >= 11 is 0. The Kier molecular flexibility index (Phi) is 5.03. The number of aryl methyl sites for hydroxylation is 1. The molecule has 0 atom stereocenters. The van der Waals surface area contributed by atoms with Crippen LogP contribution in [0.25, 0.3) is 0 Å². The minimum atomic E-state index is -0.438. The molecule has 0 saturated carbocycles. The average Bonchev–Trinajstić information content (AvgIpc) is 2.46. The van der Waals surface area contributed by atoms with E-state index < -0.39 is 5.82 Å². The molecule has 2 rings (SSSR count). The highest BCUT2D eigenvalue weighted by molar-refractivity contribution is 5.43. The van der Waals surface area contributed by atoms with Crippen LogP contribution in [-0.2, 0) is 6.54 Å². The summed E-state index contributed by atoms with van der Waals surface area (Å²) in [5.41, 5.74) is 1.81. The smallest absolute Gasteiger partial charge is 0.224 e. The van der Waals surface area contributed by atoms with Crippen LogP contribution in [0.3, 0.4) is 0 Å². The van der Waals surface area contributed by atoms with Crippen LogP contribution in [0.15, 0.2) is 24.4 Å². The van der Waals surface area contributed by atoms with E-state index in [4.69, 9.17) is 0 Å². The number of rotatable bonds is 6. The second-order valence-corrected chi connectivity index (χ2v) is 4.92. The van der Waals surface area contributed by atoms with Crippen LogP contribution in [0.5, 0.6) is 0 Å². The molecule has 6 heteroatoms. The van der Waals surface area contributed by atoms with Gasteiger partial charge in [-0.15, -0.1) is 0 Å². The number of hydrogen-bond donors (Lipinski definition) is 1. The van der Waals surface area contributed by atoms with Crippen molar-refractivity contribution in [2.45, 2.75) is 26.8 Å². The van der Waals surface area contributed by atoms with Crippen molar-refractivity contribution in [3.63, 3.8) is 0 Å². The van der Waals surface area contributed by atoms with Gasteiger partial charge in [-0.25, -0.2) is 9.37 Å². The SMILES string of the molecule is CCCNc1ncc(F)c(N(C)Cc2cccc(C)n2)n1. The van der Waals surface area contributed by atoms with Gasteiger partial charge in [-0.2, -0.15) is 4.98 Å². The molecule has 21 heavy (non-hydrogen) atoms. The zero-order valence-electron chi connectivity index (χ0n) is 12.6. The predicted octanol–water partition coefficient (Wildman–Crippen LogP) is 2.78. The van der Waals surface area contributed by atoms with Crippen molar-refractivity contribution in [1.29, 1.82) is 0 Å². The largest absolute Gasteiger partial charge is 0.354 e. The molecule has 0 saturated heterocycles. The fourth-order valence-electron chi connectivity index (χ4n) is 1.95. The van der Waals surface area contributed by atoms with Crippen molar-refractivity contribution in [2.24, 2.45) is 0 Å². The van der Waals surface area contributed by atoms with Gasteiger partial charge in [-0.1, -0.05) is 13.0 Å². The third-order valence-corrected chi connectivity index (χ3v) is 2.97. The first-order valence-electron chi connectivity index (χ1n) is 7.00. The molecule has 1 N–H and O–H groups in total. The molecular formula is C15H20FN5. The standard InChI is InChI=1S/C15H20FN5/c1-4-8-17-15-18-9-13(16)14(20-15)21(3)10-12-7-5-6-11(2)19-12/h5-7,9H,4,8,10H2,1-3H3,(H,17,18,20). The highest BCUT2D eigenvalue weighted by atomic mass is 19.1. The molecule has 0 unspecified atom stereocenters. The molecule has 112 valence electrons. The van der Waals surface area contributed by atoms with Gasteiger partial charge in [0.25, 0.3) is 0 Å². The Morgan fingerprint density at radius 1 is 1.29 bits per heavy atom. The van der Waals surface area contributed by atoms with Crippen molar-refractivity contribution in [3.8, 4) is 0 Å². The third-order valence-electron chi connectivity index (χ3n) is 2.97. The predicted molar refractivity (Wildman–Crippen MR) is 81.9 cm³/mol. The van der Waals surface area contributed by atoms with Gasteiger partial charge in [-0.3, -0.25) is 4.98 Å². The lowest BCUT2D eigenvalue weighted by Crippen LogP contribution is -2.21. The van der Waals surface area contributed by atoms with Crippen molar-refractivity contribution < 1.29 is 4.39 Å². The number of hydrogen-bond acceptors (Lipinski definition) is 5. The van der Waals surface area contributed by atoms with E-state index in [2.05, 4.69) is 20.3 Å². The minimum absolute atomic E-state index is 0.270. The molecule has 0 amide bonds. The van der Waals surface area contributed by atoms with Crippen LogP contribution in [0.2, 0.25) is 0 Å². The van der Waals surface area contributed by atoms with Crippen molar-refractivity contribution >= 4 is 11.8 Å². The Morgan fingerprint density at radius 2 is 2.10 bits per heavy atom. The van der Waals surface area contributed by atoms with Gasteiger partial charge in [0.1, 0.15) is 0 Å². The maximum Gasteiger partial charge on any atom is 0.224 e. The van der Waals surface area contributed by atoms with Gasteiger partial charge in [0.15, 0.2) is 11.6 Å². The van der Waals surface area contributed by atoms with E-state index in [1.54, 1.807) is 11.9 Å². The van der Waals surface area contributed by atoms with Crippen LogP contribution in [-0.4, -0.2) is 28.5 Å². The summed E-state index contributed by atoms with van der Waals surface area (Å²) in [6, 6.07) is 5.79. The summed E-state index contributed by atoms with van der Waals surface area (Å²) in [4.78, 5) is 14.3. The maximum absolute atomic E-state index is 13.9. The molecule has 0 bridgehead atoms. The van der Waals surface area contributed by atoms with Gasteiger partial charge >= 0.3 is 0 Å². The topological polar surface area (TPSA) is 53.9 Å². The Morgan fingerprint density at radius 3 is 2.81 bits per heavy atom. The normalized spacial score (nSPS) is 10.5. The molecule has 0 radical (unpaired) electrons. The second-order valence-electron chi connectivity index (χ2n) is 4.92. The molecule has 2 aromatic rings. The summed E-state index contributed by atoms with van der Waals surface area (Å²) < 4.78 is 13.9. The lowest BCUT2D eigenvalue weighted by Gasteiger charge is -2.19. The summed E-state index contributed by atoms with van der Waals surface area (Å²) in [6.45, 7) is 5.23. The number of halogens is 1. The lowest BCUT2D eigenvalue weighted by molar-refractivity contribution is 0.607. The van der Waals surface area contributed by atoms with Crippen molar-refractivity contribution in [1.82, 2.24) is 15.0 Å². The molecule has 0 spiro atoms. The summed E-state index contributed by atoms with van der Waals surface area (Å²) in [7, 11) is 1.79. The van der Waals surface area contributed by atoms with Crippen molar-refractivity contribution in [2.75, 3.05) is 23.8 Å². The molecule has 0 fully saturated rings. The molecule has 0 aliphatic heterocycles. The van der Waals surface area contributed by atoms with E-state index in [1.165, 1.54) is 6.20 Å². The number of nitrogens with zero attached hydrogens (tertiary/aromatic N) is 4. The maximum atomic E-state index is 13.9. The summed E-state index contributed by atoms with van der Waals surface area (Å²) in [5, 5.41) is 3.06. The monoisotopic (exact) mass is 289 g/mol. The zero-order valence-corrected chi connectivity index (χ0v) is 12.6. The zero-order chi connectivity index (χ0) is 15.2. The van der Waals surface area contributed by atoms with E-state index in [0.717, 1.165) is 24.4 Å². The highest BCUT2D eigenvalue weighted by Crippen LogP contribution is 2.17. The van der Waals surface area contributed by atoms with Gasteiger partial charge in [-0.05, 0) is 25.5 Å². The Labute approximate surface area is 124 Å². The van der Waals surface area contributed by atoms with Crippen LogP contribution in [0.1, 0.15) is 24.7 Å². The first-order chi connectivity index (χ1) is 10.1. The van der Waals surface area contributed by atoms with Crippen LogP contribution < -0.4 is 10.2 Å². The summed E-state index contributed by atoms with van der Waals surface area (Å²) in [6.07, 6.45) is 2.15. The number of pyridine rings is 1. The van der Waals surface area contributed by atoms with Crippen LogP contribution in [0, 0.1) is 12.7 Å². The second kappa shape index (κ2) is 6.97. The van der Waals surface area contributed by atoms with E-state index in [9.17, 15) is 4.39 Å². The van der Waals surface area contributed by atoms with Crippen molar-refractivity contribution in [3.05, 3.63) is 41.6 Å². The first kappa shape index (κ1) is 15.2. The van der Waals surface area contributed by atoms with E-state index >= 15 is 0 Å².